The molecule has 3 rings (SSSR count). The van der Waals surface area contributed by atoms with Crippen molar-refractivity contribution in [1.29, 1.82) is 5.26 Å². The minimum absolute atomic E-state index is 0.0783. The summed E-state index contributed by atoms with van der Waals surface area (Å²) in [5.74, 6) is -0.489. The van der Waals surface area contributed by atoms with Crippen molar-refractivity contribution in [2.45, 2.75) is 30.0 Å². The summed E-state index contributed by atoms with van der Waals surface area (Å²) < 4.78 is 11.9. The summed E-state index contributed by atoms with van der Waals surface area (Å²) in [5, 5.41) is 34.6. The van der Waals surface area contributed by atoms with Crippen LogP contribution in [-0.4, -0.2) is 67.5 Å². The Morgan fingerprint density at radius 3 is 2.96 bits per heavy atom. The number of rotatable bonds is 5. The number of nitrogen functional groups attached to an aromatic ring is 1. The molecule has 1 aliphatic heterocycles. The molecule has 6 N–H and O–H groups in total. The zero-order valence-corrected chi connectivity index (χ0v) is 14.9. The molecule has 0 spiro atoms. The maximum absolute atomic E-state index is 11.7. The predicted molar refractivity (Wildman–Crippen MR) is 94.4 cm³/mol. The van der Waals surface area contributed by atoms with Gasteiger partial charge in [-0.15, -0.1) is 0 Å². The zero-order valence-electron chi connectivity index (χ0n) is 14.0. The van der Waals surface area contributed by atoms with Crippen molar-refractivity contribution in [3.63, 3.8) is 0 Å². The molecule has 0 unspecified atom stereocenters. The van der Waals surface area contributed by atoms with Crippen LogP contribution in [0.4, 0.5) is 5.82 Å². The van der Waals surface area contributed by atoms with Crippen LogP contribution in [0, 0.1) is 11.3 Å². The van der Waals surface area contributed by atoms with Gasteiger partial charge in [0.2, 0.25) is 5.60 Å². The number of fused-ring (bicyclic) bond motifs is 1. The molecule has 0 amide bonds. The first-order valence-electron chi connectivity index (χ1n) is 7.92. The molecule has 144 valence electrons. The van der Waals surface area contributed by atoms with Gasteiger partial charge in [0.1, 0.15) is 48.9 Å². The van der Waals surface area contributed by atoms with Crippen molar-refractivity contribution in [3.05, 3.63) is 24.2 Å². The van der Waals surface area contributed by atoms with Gasteiger partial charge < -0.3 is 31.2 Å². The van der Waals surface area contributed by atoms with Gasteiger partial charge in [-0.1, -0.05) is 0 Å². The van der Waals surface area contributed by atoms with Gasteiger partial charge in [-0.2, -0.15) is 23.0 Å². The van der Waals surface area contributed by atoms with Gasteiger partial charge in [-0.05, 0) is 12.1 Å². The molecule has 0 saturated carbocycles. The molecule has 0 aliphatic carbocycles. The number of aromatic nitrogens is 3. The molecule has 0 radical (unpaired) electrons. The Morgan fingerprint density at radius 1 is 1.56 bits per heavy atom. The molecule has 2 aromatic rings. The van der Waals surface area contributed by atoms with Gasteiger partial charge in [-0.25, -0.2) is 9.50 Å². The van der Waals surface area contributed by atoms with E-state index in [2.05, 4.69) is 22.7 Å². The van der Waals surface area contributed by atoms with Crippen LogP contribution in [0.1, 0.15) is 5.69 Å². The highest BCUT2D eigenvalue weighted by atomic mass is 32.1. The molecule has 5 atom stereocenters. The van der Waals surface area contributed by atoms with Crippen molar-refractivity contribution in [1.82, 2.24) is 14.6 Å². The number of thiol groups is 1. The van der Waals surface area contributed by atoms with Crippen LogP contribution in [-0.2, 0) is 19.9 Å². The largest absolute Gasteiger partial charge is 0.462 e. The van der Waals surface area contributed by atoms with E-state index in [4.69, 9.17) is 20.9 Å². The first-order chi connectivity index (χ1) is 12.9. The number of hydrogen-bond donors (Lipinski definition) is 5. The van der Waals surface area contributed by atoms with E-state index in [1.54, 1.807) is 6.07 Å². The molecule has 11 nitrogen and oxygen atoms in total. The number of esters is 1. The molecule has 12 heteroatoms. The van der Waals surface area contributed by atoms with Crippen LogP contribution in [0.5, 0.6) is 0 Å². The fourth-order valence-corrected chi connectivity index (χ4v) is 3.05. The molecule has 0 aromatic carbocycles. The third kappa shape index (κ3) is 3.09. The van der Waals surface area contributed by atoms with Crippen LogP contribution in [0.25, 0.3) is 5.52 Å². The second kappa shape index (κ2) is 7.29. The van der Waals surface area contributed by atoms with Crippen molar-refractivity contribution in [3.8, 4) is 6.07 Å². The van der Waals surface area contributed by atoms with Crippen molar-refractivity contribution < 1.29 is 24.5 Å². The first kappa shape index (κ1) is 19.3. The Morgan fingerprint density at radius 2 is 2.30 bits per heavy atom. The maximum Gasteiger partial charge on any atom is 0.323 e. The SMILES string of the molecule is N#C[C@@]1(c2ccc3c(N)ncnn23)O[C@H](COC(=O)[C@@H](N)CS)[C@@H](O)[C@H]1O. The van der Waals surface area contributed by atoms with E-state index in [0.29, 0.717) is 5.52 Å². The third-order valence-corrected chi connectivity index (χ3v) is 4.77. The molecule has 2 aromatic heterocycles. The summed E-state index contributed by atoms with van der Waals surface area (Å²) in [4.78, 5) is 15.5. The van der Waals surface area contributed by atoms with E-state index in [1.807, 2.05) is 6.07 Å². The van der Waals surface area contributed by atoms with Gasteiger partial charge in [0, 0.05) is 5.75 Å². The summed E-state index contributed by atoms with van der Waals surface area (Å²) >= 11 is 3.90. The van der Waals surface area contributed by atoms with Crippen LogP contribution < -0.4 is 11.5 Å². The fourth-order valence-electron chi connectivity index (χ4n) is 2.90. The molecule has 0 bridgehead atoms. The van der Waals surface area contributed by atoms with Gasteiger partial charge >= 0.3 is 5.97 Å². The Labute approximate surface area is 158 Å². The number of nitriles is 1. The van der Waals surface area contributed by atoms with E-state index in [1.165, 1.54) is 16.9 Å². The van der Waals surface area contributed by atoms with Gasteiger partial charge in [0.05, 0.1) is 5.69 Å². The van der Waals surface area contributed by atoms with Crippen LogP contribution in [0.15, 0.2) is 18.5 Å². The number of aliphatic hydroxyl groups is 2. The lowest BCUT2D eigenvalue weighted by atomic mass is 9.92. The van der Waals surface area contributed by atoms with Crippen molar-refractivity contribution in [2.24, 2.45) is 5.73 Å². The normalized spacial score (nSPS) is 28.8. The number of nitrogens with two attached hydrogens (primary N) is 2. The number of nitrogens with zero attached hydrogens (tertiary/aromatic N) is 4. The number of carbonyl (C=O) groups is 1. The maximum atomic E-state index is 11.7. The average molecular weight is 394 g/mol. The molecule has 1 fully saturated rings. The highest BCUT2D eigenvalue weighted by Gasteiger charge is 2.57. The molecular formula is C15H18N6O5S. The summed E-state index contributed by atoms with van der Waals surface area (Å²) in [5.41, 5.74) is 9.90. The summed E-state index contributed by atoms with van der Waals surface area (Å²) in [6, 6.07) is 4.00. The lowest BCUT2D eigenvalue weighted by Crippen LogP contribution is -2.41. The first-order valence-corrected chi connectivity index (χ1v) is 8.56. The topological polar surface area (TPSA) is 182 Å². The van der Waals surface area contributed by atoms with Crippen LogP contribution >= 0.6 is 12.6 Å². The lowest BCUT2D eigenvalue weighted by molar-refractivity contribution is -0.151. The Kier molecular flexibility index (Phi) is 5.22. The predicted octanol–water partition coefficient (Wildman–Crippen LogP) is -2.05. The van der Waals surface area contributed by atoms with Crippen molar-refractivity contribution >= 4 is 29.9 Å². The standard InChI is InChI=1S/C15H18N6O5S/c16-5-15(10-2-1-8-13(18)19-6-20-21(8)10)12(23)11(22)9(26-15)3-25-14(24)7(17)4-27/h1-2,6-7,9,11-12,22-23,27H,3-4,17H2,(H2,18,19,20)/t7-,9+,11+,12+,15-/m0/s1. The van der Waals surface area contributed by atoms with Gasteiger partial charge in [0.25, 0.3) is 0 Å². The average Bonchev–Trinajstić information content (AvgIpc) is 3.21. The second-order valence-electron chi connectivity index (χ2n) is 6.02. The van der Waals surface area contributed by atoms with Crippen LogP contribution in [0.3, 0.4) is 0 Å². The Bertz CT molecular complexity index is 900. The molecular weight excluding hydrogens is 376 g/mol. The highest BCUT2D eigenvalue weighted by molar-refractivity contribution is 7.80. The smallest absolute Gasteiger partial charge is 0.323 e. The van der Waals surface area contributed by atoms with E-state index in [9.17, 15) is 20.3 Å². The van der Waals surface area contributed by atoms with E-state index in [0.717, 1.165) is 0 Å². The number of hydrogen-bond acceptors (Lipinski definition) is 11. The minimum Gasteiger partial charge on any atom is -0.462 e. The van der Waals surface area contributed by atoms with Gasteiger partial charge in [0.15, 0.2) is 5.82 Å². The monoisotopic (exact) mass is 394 g/mol. The fraction of sp³-hybridized carbons (Fsp3) is 0.467. The second-order valence-corrected chi connectivity index (χ2v) is 6.38. The highest BCUT2D eigenvalue weighted by Crippen LogP contribution is 2.40. The Balaban J connectivity index is 1.90. The number of anilines is 1. The lowest BCUT2D eigenvalue weighted by Gasteiger charge is -2.24. The summed E-state index contributed by atoms with van der Waals surface area (Å²) in [6.07, 6.45) is -3.08. The summed E-state index contributed by atoms with van der Waals surface area (Å²) in [6.45, 7) is -0.400. The number of carbonyl (C=O) groups excluding carboxylic acids is 1. The molecule has 3 heterocycles. The van der Waals surface area contributed by atoms with Gasteiger partial charge in [-0.3, -0.25) is 4.79 Å². The number of aliphatic hydroxyl groups excluding tert-OH is 2. The Hall–Kier alpha value is -2.43. The van der Waals surface area contributed by atoms with E-state index >= 15 is 0 Å². The van der Waals surface area contributed by atoms with Crippen molar-refractivity contribution in [2.75, 3.05) is 18.1 Å². The molecule has 1 saturated heterocycles. The molecule has 27 heavy (non-hydrogen) atoms. The van der Waals surface area contributed by atoms with Crippen LogP contribution in [0.2, 0.25) is 0 Å². The van der Waals surface area contributed by atoms with E-state index in [-0.39, 0.29) is 17.3 Å². The number of ether oxygens (including phenoxy) is 2. The third-order valence-electron chi connectivity index (χ3n) is 4.38. The zero-order chi connectivity index (χ0) is 19.8. The molecule has 1 aliphatic rings. The quantitative estimate of drug-likeness (QED) is 0.279. The summed E-state index contributed by atoms with van der Waals surface area (Å²) in [7, 11) is 0. The van der Waals surface area contributed by atoms with E-state index < -0.39 is 42.5 Å². The minimum atomic E-state index is -1.95.